The van der Waals surface area contributed by atoms with Crippen LogP contribution in [0.25, 0.3) is 0 Å². The number of aromatic nitrogens is 1. The van der Waals surface area contributed by atoms with Crippen molar-refractivity contribution in [2.45, 2.75) is 18.4 Å². The molecule has 6 nitrogen and oxygen atoms in total. The Morgan fingerprint density at radius 3 is 2.57 bits per heavy atom. The molecule has 0 bridgehead atoms. The van der Waals surface area contributed by atoms with E-state index < -0.39 is 5.97 Å². The molecule has 2 unspecified atom stereocenters. The number of hydrogen-bond donors (Lipinski definition) is 1. The normalized spacial score (nSPS) is 16.0. The molecular weight excluding hydrogens is 406 g/mol. The van der Waals surface area contributed by atoms with Gasteiger partial charge >= 0.3 is 5.97 Å². The average Bonchev–Trinajstić information content (AvgIpc) is 2.76. The second kappa shape index (κ2) is 9.05. The number of aliphatic carboxylic acids is 1. The minimum absolute atomic E-state index is 0.000557. The Bertz CT molecular complexity index is 1010. The molecule has 0 spiro atoms. The van der Waals surface area contributed by atoms with Crippen molar-refractivity contribution in [3.05, 3.63) is 83.1 Å². The molecule has 0 radical (unpaired) electrons. The molecule has 2 aromatic carbocycles. The number of hydrogen-bond acceptors (Lipinski definition) is 5. The number of carbonyl (C=O) groups is 1. The molecular formula is C23H20ClNO5. The van der Waals surface area contributed by atoms with Crippen LogP contribution in [0.15, 0.2) is 67.0 Å². The fraction of sp³-hybridized carbons (Fsp3) is 0.217. The summed E-state index contributed by atoms with van der Waals surface area (Å²) in [6.45, 7) is 0.698. The Morgan fingerprint density at radius 2 is 1.83 bits per heavy atom. The quantitative estimate of drug-likeness (QED) is 0.597. The zero-order valence-electron chi connectivity index (χ0n) is 16.0. The monoisotopic (exact) mass is 425 g/mol. The maximum atomic E-state index is 11.3. The fourth-order valence-corrected chi connectivity index (χ4v) is 3.52. The van der Waals surface area contributed by atoms with Crippen LogP contribution in [0, 0.1) is 0 Å². The number of fused-ring (bicyclic) bond motifs is 1. The molecule has 154 valence electrons. The Balaban J connectivity index is 1.40. The van der Waals surface area contributed by atoms with Gasteiger partial charge in [0.1, 0.15) is 19.0 Å². The lowest BCUT2D eigenvalue weighted by Crippen LogP contribution is -2.34. The van der Waals surface area contributed by atoms with Crippen LogP contribution < -0.4 is 14.2 Å². The lowest BCUT2D eigenvalue weighted by atomic mass is 9.89. The minimum Gasteiger partial charge on any atom is -0.490 e. The molecule has 0 aliphatic carbocycles. The van der Waals surface area contributed by atoms with E-state index in [2.05, 4.69) is 4.98 Å². The third-order valence-corrected chi connectivity index (χ3v) is 5.06. The second-order valence-corrected chi connectivity index (χ2v) is 7.39. The van der Waals surface area contributed by atoms with E-state index >= 15 is 0 Å². The molecule has 0 amide bonds. The Kier molecular flexibility index (Phi) is 6.05. The lowest BCUT2D eigenvalue weighted by molar-refractivity contribution is -0.137. The Labute approximate surface area is 179 Å². The van der Waals surface area contributed by atoms with Gasteiger partial charge in [-0.3, -0.25) is 9.78 Å². The minimum atomic E-state index is -0.855. The fourth-order valence-electron chi connectivity index (χ4n) is 3.36. The molecule has 4 rings (SSSR count). The third-order valence-electron chi connectivity index (χ3n) is 4.83. The number of nitrogens with zero attached hydrogens (tertiary/aromatic N) is 1. The highest BCUT2D eigenvalue weighted by Crippen LogP contribution is 2.34. The van der Waals surface area contributed by atoms with Crippen LogP contribution in [0.2, 0.25) is 5.02 Å². The number of halogens is 1. The van der Waals surface area contributed by atoms with E-state index in [9.17, 15) is 9.90 Å². The van der Waals surface area contributed by atoms with Crippen LogP contribution in [0.1, 0.15) is 23.5 Å². The number of carboxylic acids is 1. The zero-order valence-corrected chi connectivity index (χ0v) is 16.8. The van der Waals surface area contributed by atoms with Gasteiger partial charge in [0.15, 0.2) is 17.6 Å². The van der Waals surface area contributed by atoms with Crippen molar-refractivity contribution in [1.29, 1.82) is 0 Å². The molecule has 1 aliphatic rings. The summed E-state index contributed by atoms with van der Waals surface area (Å²) in [7, 11) is 0. The number of pyridine rings is 1. The van der Waals surface area contributed by atoms with Crippen molar-refractivity contribution < 1.29 is 24.1 Å². The molecule has 3 aromatic rings. The molecule has 1 N–H and O–H groups in total. The number of ether oxygens (including phenoxy) is 3. The first-order chi connectivity index (χ1) is 14.6. The lowest BCUT2D eigenvalue weighted by Gasteiger charge is -2.26. The van der Waals surface area contributed by atoms with Gasteiger partial charge in [-0.2, -0.15) is 0 Å². The summed E-state index contributed by atoms with van der Waals surface area (Å²) in [6, 6.07) is 16.4. The van der Waals surface area contributed by atoms with Crippen LogP contribution in [0.5, 0.6) is 17.2 Å². The Morgan fingerprint density at radius 1 is 1.10 bits per heavy atom. The van der Waals surface area contributed by atoms with E-state index in [1.165, 1.54) is 0 Å². The number of carboxylic acid groups (broad SMARTS) is 1. The largest absolute Gasteiger partial charge is 0.490 e. The van der Waals surface area contributed by atoms with Gasteiger partial charge in [0.25, 0.3) is 0 Å². The molecule has 1 aliphatic heterocycles. The Hall–Kier alpha value is -3.25. The summed E-state index contributed by atoms with van der Waals surface area (Å²) in [5.41, 5.74) is 1.81. The highest BCUT2D eigenvalue weighted by molar-refractivity contribution is 6.30. The van der Waals surface area contributed by atoms with E-state index in [4.69, 9.17) is 25.8 Å². The van der Waals surface area contributed by atoms with E-state index in [-0.39, 0.29) is 18.4 Å². The standard InChI is InChI=1S/C23H20ClNO5/c24-17-3-6-21-22(11-17)30-19(14-29-21)13-28-18-4-1-15(2-5-18)20(12-23(26)27)16-7-9-25-10-8-16/h1-11,19-20H,12-14H2,(H,26,27). The first-order valence-electron chi connectivity index (χ1n) is 9.52. The van der Waals surface area contributed by atoms with Gasteiger partial charge in [-0.05, 0) is 47.5 Å². The maximum Gasteiger partial charge on any atom is 0.304 e. The van der Waals surface area contributed by atoms with E-state index in [1.807, 2.05) is 36.4 Å². The number of benzene rings is 2. The van der Waals surface area contributed by atoms with Crippen molar-refractivity contribution in [3.63, 3.8) is 0 Å². The molecule has 2 atom stereocenters. The van der Waals surface area contributed by atoms with Gasteiger partial charge in [-0.25, -0.2) is 0 Å². The van der Waals surface area contributed by atoms with E-state index in [1.54, 1.807) is 30.6 Å². The van der Waals surface area contributed by atoms with Gasteiger partial charge in [-0.1, -0.05) is 23.7 Å². The summed E-state index contributed by atoms with van der Waals surface area (Å²) < 4.78 is 17.4. The SMILES string of the molecule is O=C(O)CC(c1ccncc1)c1ccc(OCC2COc3ccc(Cl)cc3O2)cc1. The van der Waals surface area contributed by atoms with E-state index in [0.29, 0.717) is 35.5 Å². The molecule has 0 saturated heterocycles. The smallest absolute Gasteiger partial charge is 0.304 e. The molecule has 30 heavy (non-hydrogen) atoms. The van der Waals surface area contributed by atoms with Crippen molar-refractivity contribution in [3.8, 4) is 17.2 Å². The van der Waals surface area contributed by atoms with Gasteiger partial charge in [0, 0.05) is 29.4 Å². The summed E-state index contributed by atoms with van der Waals surface area (Å²) in [5.74, 6) is 0.832. The summed E-state index contributed by atoms with van der Waals surface area (Å²) in [6.07, 6.45) is 3.07. The van der Waals surface area contributed by atoms with Gasteiger partial charge < -0.3 is 19.3 Å². The van der Waals surface area contributed by atoms with Crippen molar-refractivity contribution in [1.82, 2.24) is 4.98 Å². The summed E-state index contributed by atoms with van der Waals surface area (Å²) >= 11 is 6.01. The second-order valence-electron chi connectivity index (χ2n) is 6.95. The third kappa shape index (κ3) is 4.83. The van der Waals surface area contributed by atoms with Crippen LogP contribution in [0.3, 0.4) is 0 Å². The molecule has 7 heteroatoms. The highest BCUT2D eigenvalue weighted by Gasteiger charge is 2.22. The first-order valence-corrected chi connectivity index (χ1v) is 9.90. The molecule has 2 heterocycles. The maximum absolute atomic E-state index is 11.3. The predicted molar refractivity (Wildman–Crippen MR) is 112 cm³/mol. The van der Waals surface area contributed by atoms with Crippen LogP contribution in [-0.4, -0.2) is 35.4 Å². The van der Waals surface area contributed by atoms with Crippen LogP contribution >= 0.6 is 11.6 Å². The topological polar surface area (TPSA) is 77.9 Å². The van der Waals surface area contributed by atoms with Gasteiger partial charge in [0.2, 0.25) is 0 Å². The number of rotatable bonds is 7. The zero-order chi connectivity index (χ0) is 20.9. The molecule has 0 fully saturated rings. The van der Waals surface area contributed by atoms with Gasteiger partial charge in [0.05, 0.1) is 6.42 Å². The van der Waals surface area contributed by atoms with Crippen LogP contribution in [-0.2, 0) is 4.79 Å². The van der Waals surface area contributed by atoms with Crippen LogP contribution in [0.4, 0.5) is 0 Å². The molecule has 0 saturated carbocycles. The van der Waals surface area contributed by atoms with Crippen molar-refractivity contribution in [2.75, 3.05) is 13.2 Å². The predicted octanol–water partition coefficient (Wildman–Crippen LogP) is 4.56. The highest BCUT2D eigenvalue weighted by atomic mass is 35.5. The van der Waals surface area contributed by atoms with Gasteiger partial charge in [-0.15, -0.1) is 0 Å². The summed E-state index contributed by atoms with van der Waals surface area (Å²) in [5, 5.41) is 9.89. The average molecular weight is 426 g/mol. The van der Waals surface area contributed by atoms with Crippen molar-refractivity contribution >= 4 is 17.6 Å². The molecule has 1 aromatic heterocycles. The van der Waals surface area contributed by atoms with E-state index in [0.717, 1.165) is 11.1 Å². The van der Waals surface area contributed by atoms with Crippen molar-refractivity contribution in [2.24, 2.45) is 0 Å². The first kappa shape index (κ1) is 20.0. The summed E-state index contributed by atoms with van der Waals surface area (Å²) in [4.78, 5) is 15.3.